The zero-order valence-electron chi connectivity index (χ0n) is 17.5. The SMILES string of the molecule is COc1ccc(C(=O)N2[C@H](C)CN(C(=O)c3cc(Cl)c4cc[nH]c4c3)C[C@H]2C)c(F)c1. The molecule has 2 aromatic carbocycles. The van der Waals surface area contributed by atoms with Gasteiger partial charge < -0.3 is 19.5 Å². The van der Waals surface area contributed by atoms with Gasteiger partial charge in [0.25, 0.3) is 11.8 Å². The van der Waals surface area contributed by atoms with E-state index in [-0.39, 0.29) is 23.6 Å². The number of halogens is 2. The van der Waals surface area contributed by atoms with Crippen molar-refractivity contribution in [2.45, 2.75) is 25.9 Å². The van der Waals surface area contributed by atoms with E-state index in [2.05, 4.69) is 4.98 Å². The van der Waals surface area contributed by atoms with Crippen molar-refractivity contribution >= 4 is 34.3 Å². The van der Waals surface area contributed by atoms with E-state index >= 15 is 0 Å². The number of benzene rings is 2. The summed E-state index contributed by atoms with van der Waals surface area (Å²) in [6.45, 7) is 4.40. The highest BCUT2D eigenvalue weighted by Gasteiger charge is 2.36. The maximum Gasteiger partial charge on any atom is 0.257 e. The molecule has 4 rings (SSSR count). The molecule has 0 radical (unpaired) electrons. The molecule has 1 aliphatic rings. The molecule has 1 fully saturated rings. The van der Waals surface area contributed by atoms with Crippen molar-refractivity contribution in [3.63, 3.8) is 0 Å². The Morgan fingerprint density at radius 2 is 1.81 bits per heavy atom. The molecule has 1 aromatic heterocycles. The van der Waals surface area contributed by atoms with Crippen LogP contribution in [0.25, 0.3) is 10.9 Å². The molecule has 2 atom stereocenters. The van der Waals surface area contributed by atoms with Gasteiger partial charge in [0.05, 0.1) is 17.7 Å². The fourth-order valence-electron chi connectivity index (χ4n) is 4.25. The van der Waals surface area contributed by atoms with Crippen molar-refractivity contribution in [1.82, 2.24) is 14.8 Å². The van der Waals surface area contributed by atoms with Gasteiger partial charge >= 0.3 is 0 Å². The minimum Gasteiger partial charge on any atom is -0.497 e. The topological polar surface area (TPSA) is 65.6 Å². The number of aromatic nitrogens is 1. The molecule has 162 valence electrons. The van der Waals surface area contributed by atoms with Gasteiger partial charge in [0, 0.05) is 53.9 Å². The third-order valence-electron chi connectivity index (χ3n) is 5.71. The molecule has 0 spiro atoms. The van der Waals surface area contributed by atoms with E-state index < -0.39 is 11.7 Å². The number of hydrogen-bond acceptors (Lipinski definition) is 3. The Bertz CT molecular complexity index is 1150. The Morgan fingerprint density at radius 1 is 1.10 bits per heavy atom. The Labute approximate surface area is 184 Å². The number of carbonyl (C=O) groups excluding carboxylic acids is 2. The largest absolute Gasteiger partial charge is 0.497 e. The molecule has 1 N–H and O–H groups in total. The number of piperazine rings is 1. The summed E-state index contributed by atoms with van der Waals surface area (Å²) >= 11 is 6.32. The summed E-state index contributed by atoms with van der Waals surface area (Å²) in [6, 6.07) is 8.93. The quantitative estimate of drug-likeness (QED) is 0.654. The summed E-state index contributed by atoms with van der Waals surface area (Å²) in [5.74, 6) is -0.831. The van der Waals surface area contributed by atoms with Gasteiger partial charge in [0.1, 0.15) is 11.6 Å². The Hall–Kier alpha value is -3.06. The highest BCUT2D eigenvalue weighted by atomic mass is 35.5. The van der Waals surface area contributed by atoms with E-state index in [9.17, 15) is 14.0 Å². The number of methoxy groups -OCH3 is 1. The van der Waals surface area contributed by atoms with Gasteiger partial charge in [-0.2, -0.15) is 0 Å². The lowest BCUT2D eigenvalue weighted by atomic mass is 10.0. The summed E-state index contributed by atoms with van der Waals surface area (Å²) in [4.78, 5) is 32.6. The van der Waals surface area contributed by atoms with Crippen LogP contribution in [0.2, 0.25) is 5.02 Å². The number of fused-ring (bicyclic) bond motifs is 1. The van der Waals surface area contributed by atoms with Gasteiger partial charge in [0.15, 0.2) is 0 Å². The van der Waals surface area contributed by atoms with Crippen LogP contribution in [-0.2, 0) is 0 Å². The lowest BCUT2D eigenvalue weighted by Crippen LogP contribution is -2.59. The molecule has 1 aliphatic heterocycles. The molecule has 6 nitrogen and oxygen atoms in total. The van der Waals surface area contributed by atoms with Gasteiger partial charge in [0.2, 0.25) is 0 Å². The number of aromatic amines is 1. The van der Waals surface area contributed by atoms with Crippen LogP contribution in [0.4, 0.5) is 4.39 Å². The summed E-state index contributed by atoms with van der Waals surface area (Å²) in [7, 11) is 1.44. The number of hydrogen-bond donors (Lipinski definition) is 1. The van der Waals surface area contributed by atoms with E-state index in [0.29, 0.717) is 29.4 Å². The zero-order valence-corrected chi connectivity index (χ0v) is 18.2. The first-order valence-electron chi connectivity index (χ1n) is 10.0. The summed E-state index contributed by atoms with van der Waals surface area (Å²) in [5.41, 5.74) is 1.27. The molecule has 0 bridgehead atoms. The minimum absolute atomic E-state index is 0.0109. The van der Waals surface area contributed by atoms with Crippen LogP contribution in [0.3, 0.4) is 0 Å². The van der Waals surface area contributed by atoms with Crippen LogP contribution in [0.15, 0.2) is 42.6 Å². The number of amides is 2. The molecule has 0 saturated carbocycles. The molecule has 1 saturated heterocycles. The maximum atomic E-state index is 14.5. The van der Waals surface area contributed by atoms with E-state index in [4.69, 9.17) is 16.3 Å². The maximum absolute atomic E-state index is 14.5. The summed E-state index contributed by atoms with van der Waals surface area (Å²) in [5, 5.41) is 1.36. The van der Waals surface area contributed by atoms with Gasteiger partial charge in [-0.1, -0.05) is 11.6 Å². The van der Waals surface area contributed by atoms with Crippen LogP contribution in [0.1, 0.15) is 34.6 Å². The molecule has 2 amide bonds. The first kappa shape index (κ1) is 21.2. The van der Waals surface area contributed by atoms with Crippen molar-refractivity contribution in [3.8, 4) is 5.75 Å². The second kappa shape index (κ2) is 8.23. The van der Waals surface area contributed by atoms with Crippen molar-refractivity contribution in [2.75, 3.05) is 20.2 Å². The van der Waals surface area contributed by atoms with Crippen molar-refractivity contribution in [3.05, 3.63) is 64.6 Å². The second-order valence-electron chi connectivity index (χ2n) is 7.86. The zero-order chi connectivity index (χ0) is 22.3. The molecule has 8 heteroatoms. The number of H-pyrrole nitrogens is 1. The third kappa shape index (κ3) is 3.85. The molecule has 3 aromatic rings. The Balaban J connectivity index is 1.54. The molecular weight excluding hydrogens is 421 g/mol. The Morgan fingerprint density at radius 3 is 2.45 bits per heavy atom. The molecule has 31 heavy (non-hydrogen) atoms. The first-order chi connectivity index (χ1) is 14.8. The second-order valence-corrected chi connectivity index (χ2v) is 8.27. The van der Waals surface area contributed by atoms with Crippen LogP contribution >= 0.6 is 11.6 Å². The number of nitrogens with one attached hydrogen (secondary N) is 1. The number of carbonyl (C=O) groups is 2. The molecule has 2 heterocycles. The lowest BCUT2D eigenvalue weighted by Gasteiger charge is -2.44. The van der Waals surface area contributed by atoms with E-state index in [0.717, 1.165) is 10.9 Å². The number of ether oxygens (including phenoxy) is 1. The van der Waals surface area contributed by atoms with Crippen molar-refractivity contribution < 1.29 is 18.7 Å². The highest BCUT2D eigenvalue weighted by molar-refractivity contribution is 6.35. The van der Waals surface area contributed by atoms with Crippen LogP contribution in [-0.4, -0.2) is 58.9 Å². The van der Waals surface area contributed by atoms with Gasteiger partial charge in [-0.3, -0.25) is 9.59 Å². The highest BCUT2D eigenvalue weighted by Crippen LogP contribution is 2.27. The molecule has 0 aliphatic carbocycles. The summed E-state index contributed by atoms with van der Waals surface area (Å²) < 4.78 is 19.5. The van der Waals surface area contributed by atoms with Gasteiger partial charge in [-0.05, 0) is 44.2 Å². The van der Waals surface area contributed by atoms with E-state index in [1.807, 2.05) is 19.9 Å². The predicted octanol–water partition coefficient (Wildman–Crippen LogP) is 4.34. The van der Waals surface area contributed by atoms with E-state index in [1.165, 1.54) is 19.2 Å². The minimum atomic E-state index is -0.629. The van der Waals surface area contributed by atoms with Crippen LogP contribution in [0.5, 0.6) is 5.75 Å². The van der Waals surface area contributed by atoms with Crippen LogP contribution in [0, 0.1) is 5.82 Å². The monoisotopic (exact) mass is 443 g/mol. The average Bonchev–Trinajstić information content (AvgIpc) is 3.21. The van der Waals surface area contributed by atoms with Crippen molar-refractivity contribution in [2.24, 2.45) is 0 Å². The molecular formula is C23H23ClFN3O3. The molecule has 0 unspecified atom stereocenters. The summed E-state index contributed by atoms with van der Waals surface area (Å²) in [6.07, 6.45) is 1.78. The van der Waals surface area contributed by atoms with Gasteiger partial charge in [-0.25, -0.2) is 4.39 Å². The van der Waals surface area contributed by atoms with Crippen LogP contribution < -0.4 is 4.74 Å². The number of nitrogens with zero attached hydrogens (tertiary/aromatic N) is 2. The third-order valence-corrected chi connectivity index (χ3v) is 6.03. The standard InChI is InChI=1S/C23H23ClFN3O3/c1-13-11-27(22(29)15-8-19(24)17-6-7-26-21(17)9-15)12-14(2)28(13)23(30)18-5-4-16(31-3)10-20(18)25/h4-10,13-14,26H,11-12H2,1-3H3/t13-,14-/m1/s1. The Kier molecular flexibility index (Phi) is 5.62. The average molecular weight is 444 g/mol. The smallest absolute Gasteiger partial charge is 0.257 e. The van der Waals surface area contributed by atoms with E-state index in [1.54, 1.807) is 34.2 Å². The lowest BCUT2D eigenvalue weighted by molar-refractivity contribution is 0.0251. The fourth-order valence-corrected chi connectivity index (χ4v) is 4.53. The van der Waals surface area contributed by atoms with Crippen molar-refractivity contribution in [1.29, 1.82) is 0 Å². The number of rotatable bonds is 3. The van der Waals surface area contributed by atoms with Gasteiger partial charge in [-0.15, -0.1) is 0 Å². The first-order valence-corrected chi connectivity index (χ1v) is 10.4. The fraction of sp³-hybridized carbons (Fsp3) is 0.304. The predicted molar refractivity (Wildman–Crippen MR) is 117 cm³/mol. The normalized spacial score (nSPS) is 19.0.